The third kappa shape index (κ3) is 4.33. The molecule has 0 radical (unpaired) electrons. The summed E-state index contributed by atoms with van der Waals surface area (Å²) in [5.41, 5.74) is 1.80. The summed E-state index contributed by atoms with van der Waals surface area (Å²) >= 11 is 0. The molecule has 1 aromatic carbocycles. The fourth-order valence-electron chi connectivity index (χ4n) is 2.16. The lowest BCUT2D eigenvalue weighted by atomic mass is 10.1. The molecule has 4 heteroatoms. The zero-order valence-electron chi connectivity index (χ0n) is 11.6. The van der Waals surface area contributed by atoms with Crippen molar-refractivity contribution < 1.29 is 10.2 Å². The Hall–Kier alpha value is -1.91. The van der Waals surface area contributed by atoms with E-state index in [0.717, 1.165) is 11.3 Å². The summed E-state index contributed by atoms with van der Waals surface area (Å²) < 4.78 is 0. The number of aliphatic hydroxyl groups is 1. The first-order valence-corrected chi connectivity index (χ1v) is 6.72. The molecule has 106 valence electrons. The van der Waals surface area contributed by atoms with Crippen LogP contribution in [-0.4, -0.2) is 32.7 Å². The minimum Gasteiger partial charge on any atom is -0.508 e. The Labute approximate surface area is 119 Å². The molecular weight excluding hydrogens is 252 g/mol. The van der Waals surface area contributed by atoms with Gasteiger partial charge in [0.1, 0.15) is 5.75 Å². The van der Waals surface area contributed by atoms with Gasteiger partial charge in [-0.25, -0.2) is 0 Å². The van der Waals surface area contributed by atoms with Crippen molar-refractivity contribution in [2.75, 3.05) is 6.54 Å². The van der Waals surface area contributed by atoms with E-state index in [4.69, 9.17) is 0 Å². The van der Waals surface area contributed by atoms with Gasteiger partial charge in [-0.15, -0.1) is 0 Å². The van der Waals surface area contributed by atoms with Gasteiger partial charge in [-0.1, -0.05) is 24.3 Å². The van der Waals surface area contributed by atoms with E-state index in [1.54, 1.807) is 25.3 Å². The van der Waals surface area contributed by atoms with Crippen molar-refractivity contribution in [2.45, 2.75) is 26.1 Å². The Morgan fingerprint density at radius 2 is 1.85 bits per heavy atom. The average molecular weight is 272 g/mol. The van der Waals surface area contributed by atoms with Gasteiger partial charge in [-0.3, -0.25) is 9.88 Å². The number of para-hydroxylation sites is 1. The van der Waals surface area contributed by atoms with Gasteiger partial charge in [0.2, 0.25) is 0 Å². The zero-order valence-corrected chi connectivity index (χ0v) is 11.6. The van der Waals surface area contributed by atoms with Gasteiger partial charge < -0.3 is 10.2 Å². The lowest BCUT2D eigenvalue weighted by molar-refractivity contribution is 0.116. The van der Waals surface area contributed by atoms with E-state index < -0.39 is 6.10 Å². The molecule has 0 bridgehead atoms. The highest BCUT2D eigenvalue weighted by Gasteiger charge is 2.12. The maximum atomic E-state index is 9.85. The fraction of sp³-hybridized carbons (Fsp3) is 0.312. The molecule has 0 aliphatic rings. The summed E-state index contributed by atoms with van der Waals surface area (Å²) in [6.07, 6.45) is 1.33. The van der Waals surface area contributed by atoms with E-state index in [9.17, 15) is 10.2 Å². The molecule has 0 fully saturated rings. The molecule has 1 unspecified atom stereocenters. The van der Waals surface area contributed by atoms with Crippen LogP contribution in [0.3, 0.4) is 0 Å². The maximum Gasteiger partial charge on any atom is 0.120 e. The van der Waals surface area contributed by atoms with E-state index >= 15 is 0 Å². The number of hydrogen-bond donors (Lipinski definition) is 2. The third-order valence-electron chi connectivity index (χ3n) is 3.02. The van der Waals surface area contributed by atoms with Gasteiger partial charge in [0, 0.05) is 31.4 Å². The van der Waals surface area contributed by atoms with Crippen molar-refractivity contribution in [1.82, 2.24) is 9.88 Å². The number of pyridine rings is 1. The molecule has 0 amide bonds. The molecule has 2 aromatic rings. The van der Waals surface area contributed by atoms with Crippen LogP contribution in [0.15, 0.2) is 48.7 Å². The monoisotopic (exact) mass is 272 g/mol. The lowest BCUT2D eigenvalue weighted by Crippen LogP contribution is -2.30. The Bertz CT molecular complexity index is 529. The van der Waals surface area contributed by atoms with Crippen LogP contribution in [0.1, 0.15) is 18.2 Å². The molecule has 4 nitrogen and oxygen atoms in total. The minimum atomic E-state index is -0.426. The first-order valence-electron chi connectivity index (χ1n) is 6.72. The first-order chi connectivity index (χ1) is 9.65. The number of hydrogen-bond acceptors (Lipinski definition) is 4. The molecule has 0 aliphatic carbocycles. The normalized spacial score (nSPS) is 12.6. The van der Waals surface area contributed by atoms with Crippen LogP contribution in [0.25, 0.3) is 0 Å². The van der Waals surface area contributed by atoms with Crippen molar-refractivity contribution in [3.05, 3.63) is 59.9 Å². The molecular formula is C16H20N2O2. The van der Waals surface area contributed by atoms with E-state index in [-0.39, 0.29) is 5.75 Å². The van der Waals surface area contributed by atoms with Crippen molar-refractivity contribution >= 4 is 0 Å². The summed E-state index contributed by atoms with van der Waals surface area (Å²) in [4.78, 5) is 6.38. The number of aliphatic hydroxyl groups excluding tert-OH is 1. The molecule has 20 heavy (non-hydrogen) atoms. The fourth-order valence-corrected chi connectivity index (χ4v) is 2.16. The second kappa shape index (κ2) is 7.03. The van der Waals surface area contributed by atoms with E-state index in [1.165, 1.54) is 0 Å². The highest BCUT2D eigenvalue weighted by molar-refractivity contribution is 5.31. The molecule has 0 aliphatic heterocycles. The summed E-state index contributed by atoms with van der Waals surface area (Å²) in [6, 6.07) is 13.1. The summed E-state index contributed by atoms with van der Waals surface area (Å²) in [5.74, 6) is 0.282. The molecule has 0 saturated carbocycles. The van der Waals surface area contributed by atoms with Crippen LogP contribution in [0.4, 0.5) is 0 Å². The van der Waals surface area contributed by atoms with Gasteiger partial charge >= 0.3 is 0 Å². The van der Waals surface area contributed by atoms with Crippen molar-refractivity contribution in [3.8, 4) is 5.75 Å². The molecule has 0 saturated heterocycles. The van der Waals surface area contributed by atoms with Gasteiger partial charge in [-0.2, -0.15) is 0 Å². The number of phenolic OH excluding ortho intramolecular Hbond substituents is 1. The first kappa shape index (κ1) is 14.5. The van der Waals surface area contributed by atoms with Gasteiger partial charge in [0.05, 0.1) is 11.8 Å². The number of phenols is 1. The molecule has 1 heterocycles. The van der Waals surface area contributed by atoms with Crippen LogP contribution < -0.4 is 0 Å². The van der Waals surface area contributed by atoms with Crippen molar-refractivity contribution in [1.29, 1.82) is 0 Å². The third-order valence-corrected chi connectivity index (χ3v) is 3.02. The number of aromatic hydroxyl groups is 1. The van der Waals surface area contributed by atoms with Gasteiger partial charge in [-0.05, 0) is 25.1 Å². The predicted molar refractivity (Wildman–Crippen MR) is 78.1 cm³/mol. The number of rotatable bonds is 6. The molecule has 1 atom stereocenters. The zero-order chi connectivity index (χ0) is 14.4. The second-order valence-electron chi connectivity index (χ2n) is 4.97. The van der Waals surface area contributed by atoms with Crippen LogP contribution >= 0.6 is 0 Å². The van der Waals surface area contributed by atoms with Gasteiger partial charge in [0.15, 0.2) is 0 Å². The van der Waals surface area contributed by atoms with Crippen LogP contribution in [0.5, 0.6) is 5.75 Å². The van der Waals surface area contributed by atoms with Crippen molar-refractivity contribution in [3.63, 3.8) is 0 Å². The molecule has 2 N–H and O–H groups in total. The lowest BCUT2D eigenvalue weighted by Gasteiger charge is -2.23. The summed E-state index contributed by atoms with van der Waals surface area (Å²) in [6.45, 7) is 3.51. The predicted octanol–water partition coefficient (Wildman–Crippen LogP) is 2.17. The van der Waals surface area contributed by atoms with E-state index in [1.807, 2.05) is 30.3 Å². The minimum absolute atomic E-state index is 0.282. The topological polar surface area (TPSA) is 56.6 Å². The molecule has 2 rings (SSSR count). The van der Waals surface area contributed by atoms with E-state index in [2.05, 4.69) is 9.88 Å². The maximum absolute atomic E-state index is 9.85. The Balaban J connectivity index is 2.10. The second-order valence-corrected chi connectivity index (χ2v) is 4.97. The molecule has 0 spiro atoms. The van der Waals surface area contributed by atoms with E-state index in [0.29, 0.717) is 19.6 Å². The number of benzene rings is 1. The molecule has 1 aromatic heterocycles. The van der Waals surface area contributed by atoms with Crippen LogP contribution in [-0.2, 0) is 13.1 Å². The standard InChI is InChI=1S/C16H20N2O2/c1-13(19)10-18(12-15-7-4-5-9-17-15)11-14-6-2-3-8-16(14)20/h2-9,13,19-20H,10-12H2,1H3. The quantitative estimate of drug-likeness (QED) is 0.846. The Kier molecular flexibility index (Phi) is 5.09. The summed E-state index contributed by atoms with van der Waals surface area (Å²) in [7, 11) is 0. The highest BCUT2D eigenvalue weighted by atomic mass is 16.3. The number of aromatic nitrogens is 1. The number of nitrogens with zero attached hydrogens (tertiary/aromatic N) is 2. The SMILES string of the molecule is CC(O)CN(Cc1ccccn1)Cc1ccccc1O. The average Bonchev–Trinajstić information content (AvgIpc) is 2.42. The van der Waals surface area contributed by atoms with Crippen LogP contribution in [0.2, 0.25) is 0 Å². The smallest absolute Gasteiger partial charge is 0.120 e. The Morgan fingerprint density at radius 1 is 1.10 bits per heavy atom. The largest absolute Gasteiger partial charge is 0.508 e. The highest BCUT2D eigenvalue weighted by Crippen LogP contribution is 2.18. The summed E-state index contributed by atoms with van der Waals surface area (Å²) in [5, 5.41) is 19.5. The van der Waals surface area contributed by atoms with Crippen LogP contribution in [0, 0.1) is 0 Å². The Morgan fingerprint density at radius 3 is 2.50 bits per heavy atom. The van der Waals surface area contributed by atoms with Crippen molar-refractivity contribution in [2.24, 2.45) is 0 Å². The van der Waals surface area contributed by atoms with Gasteiger partial charge in [0.25, 0.3) is 0 Å².